The van der Waals surface area contributed by atoms with Gasteiger partial charge in [0.05, 0.1) is 12.3 Å². The van der Waals surface area contributed by atoms with Crippen LogP contribution < -0.4 is 5.32 Å². The normalized spacial score (nSPS) is 18.2. The molecule has 1 aliphatic heterocycles. The summed E-state index contributed by atoms with van der Waals surface area (Å²) in [6.45, 7) is 1.99. The molecule has 0 unspecified atom stereocenters. The fraction of sp³-hybridized carbons (Fsp3) is 0.217. The summed E-state index contributed by atoms with van der Waals surface area (Å²) in [6.07, 6.45) is 0.946. The number of benzene rings is 3. The number of hydrogen-bond donors (Lipinski definition) is 1. The minimum Gasteiger partial charge on any atom is -0.464 e. The Balaban J connectivity index is 1.76. The van der Waals surface area contributed by atoms with Gasteiger partial charge in [0.15, 0.2) is 5.54 Å². The number of nitrogens with one attached hydrogen (secondary N) is 1. The second kappa shape index (κ2) is 6.88. The molecule has 136 valence electrons. The zero-order valence-corrected chi connectivity index (χ0v) is 15.2. The summed E-state index contributed by atoms with van der Waals surface area (Å²) in [5.74, 6) is -0.719. The Morgan fingerprint density at radius 2 is 1.74 bits per heavy atom. The highest BCUT2D eigenvalue weighted by molar-refractivity contribution is 6.27. The first-order chi connectivity index (χ1) is 13.2. The Kier molecular flexibility index (Phi) is 4.40. The summed E-state index contributed by atoms with van der Waals surface area (Å²) in [4.78, 5) is 26.2. The molecule has 0 radical (unpaired) electrons. The van der Waals surface area contributed by atoms with Crippen LogP contribution in [0, 0.1) is 0 Å². The third kappa shape index (κ3) is 2.87. The van der Waals surface area contributed by atoms with Crippen molar-refractivity contribution in [3.05, 3.63) is 77.9 Å². The number of esters is 1. The quantitative estimate of drug-likeness (QED) is 0.542. The van der Waals surface area contributed by atoms with Crippen LogP contribution in [0.1, 0.15) is 29.3 Å². The lowest BCUT2D eigenvalue weighted by Crippen LogP contribution is -2.51. The van der Waals surface area contributed by atoms with Crippen LogP contribution in [0.15, 0.2) is 66.7 Å². The lowest BCUT2D eigenvalue weighted by atomic mass is 9.87. The molecule has 1 heterocycles. The highest BCUT2D eigenvalue weighted by Crippen LogP contribution is 2.40. The predicted octanol–water partition coefficient (Wildman–Crippen LogP) is 4.38. The first kappa shape index (κ1) is 17.3. The van der Waals surface area contributed by atoms with Crippen LogP contribution in [0.4, 0.5) is 5.69 Å². The van der Waals surface area contributed by atoms with Crippen LogP contribution in [-0.4, -0.2) is 23.9 Å². The van der Waals surface area contributed by atoms with Gasteiger partial charge in [-0.3, -0.25) is 4.79 Å². The number of hydrogen-bond acceptors (Lipinski definition) is 4. The SMILES string of the molecule is CCOC(=O)[C@]1(CCc2ccccc2)Nc2c(ccc3ccccc23)C1=O. The molecular formula is C23H21NO3. The van der Waals surface area contributed by atoms with E-state index in [0.717, 1.165) is 22.0 Å². The lowest BCUT2D eigenvalue weighted by molar-refractivity contribution is -0.146. The summed E-state index contributed by atoms with van der Waals surface area (Å²) in [7, 11) is 0. The van der Waals surface area contributed by atoms with Crippen LogP contribution in [0.3, 0.4) is 0 Å². The molecular weight excluding hydrogens is 338 g/mol. The molecule has 1 aliphatic rings. The molecule has 0 spiro atoms. The van der Waals surface area contributed by atoms with E-state index in [-0.39, 0.29) is 12.4 Å². The maximum Gasteiger partial charge on any atom is 0.340 e. The van der Waals surface area contributed by atoms with Gasteiger partial charge in [0.2, 0.25) is 5.78 Å². The van der Waals surface area contributed by atoms with Gasteiger partial charge in [-0.25, -0.2) is 4.79 Å². The number of rotatable bonds is 5. The summed E-state index contributed by atoms with van der Waals surface area (Å²) in [5, 5.41) is 5.24. The Morgan fingerprint density at radius 3 is 2.52 bits per heavy atom. The highest BCUT2D eigenvalue weighted by Gasteiger charge is 2.52. The van der Waals surface area contributed by atoms with Gasteiger partial charge < -0.3 is 10.1 Å². The molecule has 0 fully saturated rings. The Morgan fingerprint density at radius 1 is 1.00 bits per heavy atom. The third-order valence-electron chi connectivity index (χ3n) is 5.16. The number of anilines is 1. The van der Waals surface area contributed by atoms with Crippen LogP contribution in [-0.2, 0) is 16.0 Å². The van der Waals surface area contributed by atoms with E-state index in [1.807, 2.05) is 60.7 Å². The molecule has 4 heteroatoms. The van der Waals surface area contributed by atoms with Crippen LogP contribution in [0.25, 0.3) is 10.8 Å². The van der Waals surface area contributed by atoms with Gasteiger partial charge in [-0.15, -0.1) is 0 Å². The van der Waals surface area contributed by atoms with Gasteiger partial charge in [-0.2, -0.15) is 0 Å². The van der Waals surface area contributed by atoms with E-state index in [1.165, 1.54) is 0 Å². The Labute approximate surface area is 158 Å². The molecule has 0 amide bonds. The molecule has 0 aromatic heterocycles. The smallest absolute Gasteiger partial charge is 0.340 e. The van der Waals surface area contributed by atoms with Gasteiger partial charge in [0, 0.05) is 10.9 Å². The maximum absolute atomic E-state index is 13.3. The van der Waals surface area contributed by atoms with Crippen molar-refractivity contribution < 1.29 is 14.3 Å². The van der Waals surface area contributed by atoms with Crippen LogP contribution in [0.2, 0.25) is 0 Å². The number of Topliss-reactive ketones (excluding diaryl/α,β-unsaturated/α-hetero) is 1. The Bertz CT molecular complexity index is 1010. The number of ether oxygens (including phenoxy) is 1. The maximum atomic E-state index is 13.3. The molecule has 1 atom stereocenters. The number of aryl methyl sites for hydroxylation is 1. The largest absolute Gasteiger partial charge is 0.464 e. The number of ketones is 1. The van der Waals surface area contributed by atoms with E-state index in [9.17, 15) is 9.59 Å². The summed E-state index contributed by atoms with van der Waals surface area (Å²) in [5.41, 5.74) is 0.976. The molecule has 1 N–H and O–H groups in total. The standard InChI is InChI=1S/C23H21NO3/c1-2-27-22(26)23(15-14-16-8-4-3-5-9-16)21(25)19-13-12-17-10-6-7-11-18(17)20(19)24-23/h3-13,24H,2,14-15H2,1H3/t23-/m1/s1. The van der Waals surface area contributed by atoms with E-state index >= 15 is 0 Å². The number of carbonyl (C=O) groups is 2. The average Bonchev–Trinajstić information content (AvgIpc) is 3.01. The number of carbonyl (C=O) groups excluding carboxylic acids is 2. The van der Waals surface area contributed by atoms with Gasteiger partial charge in [-0.1, -0.05) is 60.7 Å². The zero-order chi connectivity index (χ0) is 18.9. The van der Waals surface area contributed by atoms with Crippen molar-refractivity contribution >= 4 is 28.2 Å². The monoisotopic (exact) mass is 359 g/mol. The van der Waals surface area contributed by atoms with Crippen molar-refractivity contribution in [2.45, 2.75) is 25.3 Å². The molecule has 4 nitrogen and oxygen atoms in total. The van der Waals surface area contributed by atoms with Gasteiger partial charge >= 0.3 is 5.97 Å². The zero-order valence-electron chi connectivity index (χ0n) is 15.2. The molecule has 3 aromatic rings. The first-order valence-electron chi connectivity index (χ1n) is 9.21. The Hall–Kier alpha value is -3.14. The van der Waals surface area contributed by atoms with Gasteiger partial charge in [-0.05, 0) is 36.8 Å². The summed E-state index contributed by atoms with van der Waals surface area (Å²) < 4.78 is 5.31. The molecule has 0 saturated heterocycles. The molecule has 27 heavy (non-hydrogen) atoms. The molecule has 4 rings (SSSR count). The van der Waals surface area contributed by atoms with Crippen LogP contribution in [0.5, 0.6) is 0 Å². The molecule has 3 aromatic carbocycles. The predicted molar refractivity (Wildman–Crippen MR) is 106 cm³/mol. The molecule has 0 bridgehead atoms. The van der Waals surface area contributed by atoms with Gasteiger partial charge in [0.1, 0.15) is 0 Å². The van der Waals surface area contributed by atoms with Crippen molar-refractivity contribution in [3.8, 4) is 0 Å². The van der Waals surface area contributed by atoms with Crippen molar-refractivity contribution in [1.29, 1.82) is 0 Å². The van der Waals surface area contributed by atoms with Crippen molar-refractivity contribution in [1.82, 2.24) is 0 Å². The molecule has 0 aliphatic carbocycles. The van der Waals surface area contributed by atoms with E-state index in [1.54, 1.807) is 13.0 Å². The first-order valence-corrected chi connectivity index (χ1v) is 9.21. The van der Waals surface area contributed by atoms with E-state index < -0.39 is 11.5 Å². The van der Waals surface area contributed by atoms with Crippen molar-refractivity contribution in [2.24, 2.45) is 0 Å². The summed E-state index contributed by atoms with van der Waals surface area (Å²) in [6, 6.07) is 21.4. The lowest BCUT2D eigenvalue weighted by Gasteiger charge is -2.26. The fourth-order valence-electron chi connectivity index (χ4n) is 3.75. The topological polar surface area (TPSA) is 55.4 Å². The molecule has 0 saturated carbocycles. The van der Waals surface area contributed by atoms with E-state index in [2.05, 4.69) is 5.32 Å². The van der Waals surface area contributed by atoms with E-state index in [4.69, 9.17) is 4.74 Å². The second-order valence-corrected chi connectivity index (χ2v) is 6.77. The van der Waals surface area contributed by atoms with Crippen molar-refractivity contribution in [2.75, 3.05) is 11.9 Å². The van der Waals surface area contributed by atoms with Gasteiger partial charge in [0.25, 0.3) is 0 Å². The van der Waals surface area contributed by atoms with Crippen LogP contribution >= 0.6 is 0 Å². The number of fused-ring (bicyclic) bond motifs is 3. The highest BCUT2D eigenvalue weighted by atomic mass is 16.5. The van der Waals surface area contributed by atoms with E-state index in [0.29, 0.717) is 18.4 Å². The minimum absolute atomic E-state index is 0.211. The van der Waals surface area contributed by atoms with Crippen molar-refractivity contribution in [3.63, 3.8) is 0 Å². The average molecular weight is 359 g/mol. The fourth-order valence-corrected chi connectivity index (χ4v) is 3.75. The minimum atomic E-state index is -1.38. The third-order valence-corrected chi connectivity index (χ3v) is 5.16. The summed E-state index contributed by atoms with van der Waals surface area (Å²) >= 11 is 0. The second-order valence-electron chi connectivity index (χ2n) is 6.77.